The third kappa shape index (κ3) is 3.82. The van der Waals surface area contributed by atoms with Crippen LogP contribution in [0.15, 0.2) is 18.6 Å². The van der Waals surface area contributed by atoms with Gasteiger partial charge in [-0.1, -0.05) is 4.98 Å². The summed E-state index contributed by atoms with van der Waals surface area (Å²) < 4.78 is 7.49. The van der Waals surface area contributed by atoms with Gasteiger partial charge < -0.3 is 20.2 Å². The number of hydrogen-bond donors (Lipinski definition) is 1. The number of rotatable bonds is 7. The zero-order chi connectivity index (χ0) is 15.2. The Hall–Kier alpha value is -2.82. The van der Waals surface area contributed by atoms with Crippen molar-refractivity contribution in [2.75, 3.05) is 20.3 Å². The van der Waals surface area contributed by atoms with Crippen molar-refractivity contribution in [2.45, 2.75) is 6.67 Å². The molecule has 0 unspecified atom stereocenters. The molecule has 0 saturated carbocycles. The third-order valence-corrected chi connectivity index (χ3v) is 2.44. The summed E-state index contributed by atoms with van der Waals surface area (Å²) in [5.41, 5.74) is 0.237. The van der Waals surface area contributed by atoms with Crippen molar-refractivity contribution in [1.82, 2.24) is 29.9 Å². The van der Waals surface area contributed by atoms with Gasteiger partial charge in [-0.05, 0) is 11.0 Å². The molecule has 0 aromatic carbocycles. The van der Waals surface area contributed by atoms with Crippen LogP contribution in [0.3, 0.4) is 0 Å². The summed E-state index contributed by atoms with van der Waals surface area (Å²) in [6.45, 7) is 0.915. The normalized spacial score (nSPS) is 10.5. The van der Waals surface area contributed by atoms with Crippen molar-refractivity contribution in [3.05, 3.63) is 34.4 Å². The van der Waals surface area contributed by atoms with Crippen LogP contribution in [0.1, 0.15) is 10.5 Å². The molecule has 11 nitrogen and oxygen atoms in total. The summed E-state index contributed by atoms with van der Waals surface area (Å²) in [6.07, 6.45) is 2.79. The van der Waals surface area contributed by atoms with Crippen molar-refractivity contribution in [2.24, 2.45) is 0 Å². The maximum absolute atomic E-state index is 11.7. The maximum atomic E-state index is 11.7. The molecule has 2 aromatic rings. The lowest BCUT2D eigenvalue weighted by Crippen LogP contribution is -2.27. The minimum atomic E-state index is -0.686. The summed E-state index contributed by atoms with van der Waals surface area (Å²) in [7, 11) is 1.54. The zero-order valence-electron chi connectivity index (χ0n) is 11.2. The van der Waals surface area contributed by atoms with Gasteiger partial charge in [0.2, 0.25) is 6.33 Å². The van der Waals surface area contributed by atoms with Crippen LogP contribution in [-0.4, -0.2) is 55.6 Å². The largest absolute Gasteiger partial charge is 0.491 e. The van der Waals surface area contributed by atoms with Crippen LogP contribution in [0.2, 0.25) is 0 Å². The Labute approximate surface area is 118 Å². The molecule has 0 aliphatic rings. The molecule has 2 aromatic heterocycles. The Morgan fingerprint density at radius 2 is 2.29 bits per heavy atom. The average molecular weight is 295 g/mol. The van der Waals surface area contributed by atoms with Gasteiger partial charge in [-0.25, -0.2) is 4.68 Å². The molecule has 0 spiro atoms. The van der Waals surface area contributed by atoms with Crippen LogP contribution in [0.5, 0.6) is 0 Å². The third-order valence-electron chi connectivity index (χ3n) is 2.44. The van der Waals surface area contributed by atoms with E-state index in [0.29, 0.717) is 13.2 Å². The van der Waals surface area contributed by atoms with Gasteiger partial charge in [0, 0.05) is 25.0 Å². The first-order valence-corrected chi connectivity index (χ1v) is 5.94. The van der Waals surface area contributed by atoms with Crippen molar-refractivity contribution in [1.29, 1.82) is 0 Å². The fraction of sp³-hybridized carbons (Fsp3) is 0.400. The number of methoxy groups -OCH3 is 1. The highest BCUT2D eigenvalue weighted by molar-refractivity contribution is 5.92. The Balaban J connectivity index is 1.96. The Kier molecular flexibility index (Phi) is 4.56. The van der Waals surface area contributed by atoms with Crippen molar-refractivity contribution in [3.63, 3.8) is 0 Å². The molecule has 0 fully saturated rings. The molecule has 11 heteroatoms. The minimum absolute atomic E-state index is 0.117. The van der Waals surface area contributed by atoms with E-state index in [1.807, 2.05) is 0 Å². The van der Waals surface area contributed by atoms with E-state index in [1.54, 1.807) is 6.20 Å². The highest BCUT2D eigenvalue weighted by Gasteiger charge is 2.14. The Bertz CT molecular complexity index is 635. The Morgan fingerprint density at radius 1 is 1.48 bits per heavy atom. The van der Waals surface area contributed by atoms with Gasteiger partial charge in [0.1, 0.15) is 5.69 Å². The number of nitrogens with one attached hydrogen (secondary N) is 1. The van der Waals surface area contributed by atoms with E-state index in [0.717, 1.165) is 0 Å². The number of hydrogen-bond acceptors (Lipinski definition) is 7. The summed E-state index contributed by atoms with van der Waals surface area (Å²) in [5.74, 6) is -0.810. The van der Waals surface area contributed by atoms with Crippen LogP contribution in [-0.2, 0) is 11.4 Å². The summed E-state index contributed by atoms with van der Waals surface area (Å²) in [6, 6.07) is 1.54. The van der Waals surface area contributed by atoms with Crippen LogP contribution in [0.25, 0.3) is 0 Å². The summed E-state index contributed by atoms with van der Waals surface area (Å²) >= 11 is 0. The van der Waals surface area contributed by atoms with Gasteiger partial charge in [-0.2, -0.15) is 9.78 Å². The first kappa shape index (κ1) is 14.6. The van der Waals surface area contributed by atoms with E-state index in [1.165, 1.54) is 28.9 Å². The quantitative estimate of drug-likeness (QED) is 0.404. The molecule has 2 heterocycles. The van der Waals surface area contributed by atoms with E-state index in [9.17, 15) is 14.9 Å². The second-order valence-electron chi connectivity index (χ2n) is 3.97. The number of carbonyl (C=O) groups is 1. The van der Waals surface area contributed by atoms with E-state index in [4.69, 9.17) is 4.74 Å². The first-order chi connectivity index (χ1) is 10.1. The molecule has 1 N–H and O–H groups in total. The molecule has 112 valence electrons. The second kappa shape index (κ2) is 6.56. The first-order valence-electron chi connectivity index (χ1n) is 5.94. The van der Waals surface area contributed by atoms with Gasteiger partial charge in [-0.15, -0.1) is 0 Å². The van der Waals surface area contributed by atoms with E-state index in [2.05, 4.69) is 20.5 Å². The summed E-state index contributed by atoms with van der Waals surface area (Å²) in [4.78, 5) is 25.0. The van der Waals surface area contributed by atoms with Crippen LogP contribution in [0, 0.1) is 10.1 Å². The molecule has 0 bridgehead atoms. The lowest BCUT2D eigenvalue weighted by molar-refractivity contribution is -0.394. The molecule has 0 radical (unpaired) electrons. The summed E-state index contributed by atoms with van der Waals surface area (Å²) in [5, 5.41) is 20.8. The van der Waals surface area contributed by atoms with Crippen LogP contribution < -0.4 is 5.32 Å². The smallest absolute Gasteiger partial charge is 0.390 e. The predicted molar refractivity (Wildman–Crippen MR) is 68.5 cm³/mol. The number of carbonyl (C=O) groups excluding carboxylic acids is 1. The molecular formula is C10H13N7O4. The number of amides is 1. The van der Waals surface area contributed by atoms with Crippen molar-refractivity contribution in [3.8, 4) is 0 Å². The van der Waals surface area contributed by atoms with Crippen molar-refractivity contribution >= 4 is 11.9 Å². The van der Waals surface area contributed by atoms with E-state index >= 15 is 0 Å². The monoisotopic (exact) mass is 295 g/mol. The highest BCUT2D eigenvalue weighted by atomic mass is 16.6. The predicted octanol–water partition coefficient (Wildman–Crippen LogP) is -0.735. The van der Waals surface area contributed by atoms with Crippen LogP contribution in [0.4, 0.5) is 5.95 Å². The number of ether oxygens (including phenoxy) is 1. The Morgan fingerprint density at radius 3 is 2.95 bits per heavy atom. The molecular weight excluding hydrogens is 282 g/mol. The molecule has 0 saturated heterocycles. The molecule has 1 amide bonds. The molecule has 0 aliphatic heterocycles. The lowest BCUT2D eigenvalue weighted by Gasteiger charge is -2.01. The maximum Gasteiger partial charge on any atom is 0.491 e. The lowest BCUT2D eigenvalue weighted by atomic mass is 10.4. The second-order valence-corrected chi connectivity index (χ2v) is 3.97. The van der Waals surface area contributed by atoms with Gasteiger partial charge in [-0.3, -0.25) is 4.79 Å². The fourth-order valence-electron chi connectivity index (χ4n) is 1.50. The standard InChI is InChI=1S/C10H13N7O4/c1-21-5-3-11-9(18)8-2-4-15(13-8)7-16-6-12-10(14-16)17(19)20/h2,4,6H,3,5,7H2,1H3,(H,11,18). The number of aromatic nitrogens is 5. The van der Waals surface area contributed by atoms with E-state index < -0.39 is 10.9 Å². The molecule has 21 heavy (non-hydrogen) atoms. The van der Waals surface area contributed by atoms with Crippen molar-refractivity contribution < 1.29 is 14.5 Å². The van der Waals surface area contributed by atoms with Gasteiger partial charge in [0.15, 0.2) is 6.67 Å². The topological polar surface area (TPSA) is 130 Å². The average Bonchev–Trinajstić information content (AvgIpc) is 3.09. The van der Waals surface area contributed by atoms with Gasteiger partial charge >= 0.3 is 5.95 Å². The van der Waals surface area contributed by atoms with Gasteiger partial charge in [0.05, 0.1) is 6.61 Å². The molecule has 0 atom stereocenters. The molecule has 2 rings (SSSR count). The highest BCUT2D eigenvalue weighted by Crippen LogP contribution is 2.01. The number of nitrogens with zero attached hydrogens (tertiary/aromatic N) is 6. The zero-order valence-corrected chi connectivity index (χ0v) is 11.2. The minimum Gasteiger partial charge on any atom is -0.390 e. The SMILES string of the molecule is COCCNC(=O)c1ccn(Cn2cnc([N+](=O)[O-])n2)n1. The molecule has 0 aliphatic carbocycles. The van der Waals surface area contributed by atoms with Crippen LogP contribution >= 0.6 is 0 Å². The number of nitro groups is 1. The fourth-order valence-corrected chi connectivity index (χ4v) is 1.50. The van der Waals surface area contributed by atoms with Gasteiger partial charge in [0.25, 0.3) is 5.91 Å². The van der Waals surface area contributed by atoms with E-state index in [-0.39, 0.29) is 18.3 Å².